The summed E-state index contributed by atoms with van der Waals surface area (Å²) in [6.07, 6.45) is 4.69. The molecule has 0 saturated heterocycles. The first-order valence-corrected chi connectivity index (χ1v) is 6.46. The van der Waals surface area contributed by atoms with Crippen molar-refractivity contribution in [3.05, 3.63) is 29.6 Å². The van der Waals surface area contributed by atoms with Gasteiger partial charge in [0.1, 0.15) is 0 Å². The van der Waals surface area contributed by atoms with Gasteiger partial charge in [0.05, 0.1) is 6.10 Å². The van der Waals surface area contributed by atoms with Crippen LogP contribution in [0.5, 0.6) is 5.75 Å². The highest BCUT2D eigenvalue weighted by molar-refractivity contribution is 5.35. The summed E-state index contributed by atoms with van der Waals surface area (Å²) in [5.74, 6) is 0.202. The van der Waals surface area contributed by atoms with Gasteiger partial charge in [-0.2, -0.15) is 0 Å². The standard InChI is InChI=1S/C14H20FNO/c1-2-16-10-11-6-5-9-13(15)14(11)17-12-7-3-4-8-12/h5-6,9,12,16H,2-4,7-8,10H2,1H3. The van der Waals surface area contributed by atoms with E-state index in [0.717, 1.165) is 24.9 Å². The molecule has 1 aliphatic carbocycles. The molecule has 0 radical (unpaired) electrons. The highest BCUT2D eigenvalue weighted by Crippen LogP contribution is 2.28. The molecule has 0 aromatic heterocycles. The van der Waals surface area contributed by atoms with Gasteiger partial charge < -0.3 is 10.1 Å². The molecule has 0 atom stereocenters. The van der Waals surface area contributed by atoms with E-state index in [2.05, 4.69) is 5.32 Å². The maximum atomic E-state index is 13.8. The SMILES string of the molecule is CCNCc1cccc(F)c1OC1CCCC1. The third-order valence-corrected chi connectivity index (χ3v) is 3.20. The molecule has 1 N–H and O–H groups in total. The average molecular weight is 237 g/mol. The molecule has 0 heterocycles. The van der Waals surface area contributed by atoms with Crippen molar-refractivity contribution in [1.29, 1.82) is 0 Å². The molecular weight excluding hydrogens is 217 g/mol. The van der Waals surface area contributed by atoms with Crippen molar-refractivity contribution in [3.8, 4) is 5.75 Å². The van der Waals surface area contributed by atoms with E-state index < -0.39 is 0 Å². The third kappa shape index (κ3) is 3.19. The summed E-state index contributed by atoms with van der Waals surface area (Å²) in [5, 5.41) is 3.21. The number of para-hydroxylation sites is 1. The summed E-state index contributed by atoms with van der Waals surface area (Å²) in [6, 6.07) is 5.14. The Bertz CT molecular complexity index is 361. The van der Waals surface area contributed by atoms with E-state index in [1.54, 1.807) is 6.07 Å². The van der Waals surface area contributed by atoms with Crippen LogP contribution in [0.25, 0.3) is 0 Å². The van der Waals surface area contributed by atoms with Crippen LogP contribution in [-0.2, 0) is 6.54 Å². The first-order valence-electron chi connectivity index (χ1n) is 6.46. The molecule has 1 aliphatic rings. The minimum atomic E-state index is -0.243. The zero-order valence-corrected chi connectivity index (χ0v) is 10.3. The second-order valence-corrected chi connectivity index (χ2v) is 4.53. The Hall–Kier alpha value is -1.09. The quantitative estimate of drug-likeness (QED) is 0.848. The monoisotopic (exact) mass is 237 g/mol. The minimum Gasteiger partial charge on any atom is -0.487 e. The van der Waals surface area contributed by atoms with E-state index in [1.807, 2.05) is 13.0 Å². The lowest BCUT2D eigenvalue weighted by atomic mass is 10.2. The molecular formula is C14H20FNO. The Kier molecular flexibility index (Phi) is 4.37. The second-order valence-electron chi connectivity index (χ2n) is 4.53. The lowest BCUT2D eigenvalue weighted by Crippen LogP contribution is -2.17. The van der Waals surface area contributed by atoms with Crippen LogP contribution in [0, 0.1) is 5.82 Å². The molecule has 1 fully saturated rings. The molecule has 1 aromatic carbocycles. The van der Waals surface area contributed by atoms with Crippen molar-refractivity contribution in [1.82, 2.24) is 5.32 Å². The van der Waals surface area contributed by atoms with Gasteiger partial charge in [-0.05, 0) is 38.3 Å². The minimum absolute atomic E-state index is 0.201. The first-order chi connectivity index (χ1) is 8.31. The number of hydrogen-bond donors (Lipinski definition) is 1. The molecule has 2 rings (SSSR count). The third-order valence-electron chi connectivity index (χ3n) is 3.20. The molecule has 17 heavy (non-hydrogen) atoms. The van der Waals surface area contributed by atoms with Gasteiger partial charge in [0.2, 0.25) is 0 Å². The maximum Gasteiger partial charge on any atom is 0.165 e. The fraction of sp³-hybridized carbons (Fsp3) is 0.571. The lowest BCUT2D eigenvalue weighted by molar-refractivity contribution is 0.198. The van der Waals surface area contributed by atoms with Crippen molar-refractivity contribution >= 4 is 0 Å². The number of nitrogens with one attached hydrogen (secondary N) is 1. The Morgan fingerprint density at radius 2 is 2.12 bits per heavy atom. The van der Waals surface area contributed by atoms with E-state index in [9.17, 15) is 4.39 Å². The van der Waals surface area contributed by atoms with Crippen molar-refractivity contribution in [3.63, 3.8) is 0 Å². The van der Waals surface area contributed by atoms with Gasteiger partial charge in [-0.3, -0.25) is 0 Å². The summed E-state index contributed by atoms with van der Waals surface area (Å²) in [5.41, 5.74) is 0.916. The topological polar surface area (TPSA) is 21.3 Å². The molecule has 3 heteroatoms. The number of ether oxygens (including phenoxy) is 1. The van der Waals surface area contributed by atoms with Gasteiger partial charge >= 0.3 is 0 Å². The zero-order chi connectivity index (χ0) is 12.1. The molecule has 1 saturated carbocycles. The fourth-order valence-corrected chi connectivity index (χ4v) is 2.26. The molecule has 1 aromatic rings. The van der Waals surface area contributed by atoms with Gasteiger partial charge in [0.15, 0.2) is 11.6 Å². The van der Waals surface area contributed by atoms with Crippen LogP contribution in [0.15, 0.2) is 18.2 Å². The summed E-state index contributed by atoms with van der Waals surface area (Å²) in [4.78, 5) is 0. The summed E-state index contributed by atoms with van der Waals surface area (Å²) >= 11 is 0. The molecule has 2 nitrogen and oxygen atoms in total. The normalized spacial score (nSPS) is 16.4. The summed E-state index contributed by atoms with van der Waals surface area (Å²) < 4.78 is 19.6. The Balaban J connectivity index is 2.11. The highest BCUT2D eigenvalue weighted by atomic mass is 19.1. The van der Waals surface area contributed by atoms with Gasteiger partial charge in [-0.25, -0.2) is 4.39 Å². The fourth-order valence-electron chi connectivity index (χ4n) is 2.26. The zero-order valence-electron chi connectivity index (χ0n) is 10.3. The molecule has 0 amide bonds. The number of benzene rings is 1. The van der Waals surface area contributed by atoms with Crippen LogP contribution >= 0.6 is 0 Å². The summed E-state index contributed by atoms with van der Waals surface area (Å²) in [6.45, 7) is 3.58. The number of rotatable bonds is 5. The van der Waals surface area contributed by atoms with E-state index in [-0.39, 0.29) is 11.9 Å². The van der Waals surface area contributed by atoms with Crippen molar-refractivity contribution in [2.75, 3.05) is 6.54 Å². The van der Waals surface area contributed by atoms with Gasteiger partial charge in [0.25, 0.3) is 0 Å². The van der Waals surface area contributed by atoms with Gasteiger partial charge in [-0.15, -0.1) is 0 Å². The molecule has 0 bridgehead atoms. The highest BCUT2D eigenvalue weighted by Gasteiger charge is 2.19. The number of hydrogen-bond acceptors (Lipinski definition) is 2. The van der Waals surface area contributed by atoms with Crippen LogP contribution in [-0.4, -0.2) is 12.6 Å². The smallest absolute Gasteiger partial charge is 0.165 e. The van der Waals surface area contributed by atoms with Gasteiger partial charge in [-0.1, -0.05) is 19.1 Å². The first kappa shape index (κ1) is 12.4. The molecule has 0 unspecified atom stereocenters. The van der Waals surface area contributed by atoms with E-state index in [1.165, 1.54) is 18.9 Å². The number of halogens is 1. The van der Waals surface area contributed by atoms with Crippen LogP contribution in [0.1, 0.15) is 38.2 Å². The molecule has 0 spiro atoms. The van der Waals surface area contributed by atoms with Gasteiger partial charge in [0, 0.05) is 12.1 Å². The lowest BCUT2D eigenvalue weighted by Gasteiger charge is -2.17. The Labute approximate surface area is 102 Å². The maximum absolute atomic E-state index is 13.8. The second kappa shape index (κ2) is 6.01. The van der Waals surface area contributed by atoms with Crippen molar-refractivity contribution in [2.45, 2.75) is 45.3 Å². The van der Waals surface area contributed by atoms with Crippen molar-refractivity contribution < 1.29 is 9.13 Å². The van der Waals surface area contributed by atoms with Crippen LogP contribution in [0.3, 0.4) is 0 Å². The van der Waals surface area contributed by atoms with E-state index in [4.69, 9.17) is 4.74 Å². The largest absolute Gasteiger partial charge is 0.487 e. The van der Waals surface area contributed by atoms with Crippen molar-refractivity contribution in [2.24, 2.45) is 0 Å². The van der Waals surface area contributed by atoms with Crippen LogP contribution < -0.4 is 10.1 Å². The van der Waals surface area contributed by atoms with E-state index in [0.29, 0.717) is 12.3 Å². The molecule has 94 valence electrons. The predicted molar refractivity (Wildman–Crippen MR) is 66.7 cm³/mol. The Morgan fingerprint density at radius 3 is 2.82 bits per heavy atom. The molecule has 0 aliphatic heterocycles. The van der Waals surface area contributed by atoms with Crippen LogP contribution in [0.4, 0.5) is 4.39 Å². The predicted octanol–water partition coefficient (Wildman–Crippen LogP) is 3.26. The average Bonchev–Trinajstić information content (AvgIpc) is 2.83. The summed E-state index contributed by atoms with van der Waals surface area (Å²) in [7, 11) is 0. The van der Waals surface area contributed by atoms with E-state index >= 15 is 0 Å². The Morgan fingerprint density at radius 1 is 1.35 bits per heavy atom. The van der Waals surface area contributed by atoms with Crippen LogP contribution in [0.2, 0.25) is 0 Å².